The molecule has 0 aromatic carbocycles. The Kier molecular flexibility index (Phi) is 4.27. The Morgan fingerprint density at radius 3 is 2.92 bits per heavy atom. The molecule has 4 nitrogen and oxygen atoms in total. The van der Waals surface area contributed by atoms with E-state index in [2.05, 4.69) is 22.2 Å². The molecule has 0 bridgehead atoms. The molecule has 3 heterocycles. The van der Waals surface area contributed by atoms with Crippen molar-refractivity contribution in [1.82, 2.24) is 9.88 Å². The fourth-order valence-electron chi connectivity index (χ4n) is 3.90. The summed E-state index contributed by atoms with van der Waals surface area (Å²) in [6.07, 6.45) is 13.1. The number of thiophene rings is 1. The summed E-state index contributed by atoms with van der Waals surface area (Å²) in [5.74, 6) is 1.02. The normalized spacial score (nSPS) is 20.5. The fourth-order valence-corrected chi connectivity index (χ4v) is 5.02. The molecule has 0 radical (unpaired) electrons. The first-order valence-electron chi connectivity index (χ1n) is 8.68. The molecule has 2 aliphatic rings. The topological polar surface area (TPSA) is 42.4 Å². The third-order valence-corrected chi connectivity index (χ3v) is 6.30. The van der Waals surface area contributed by atoms with Crippen LogP contribution in [0.1, 0.15) is 47.3 Å². The molecule has 24 heavy (non-hydrogen) atoms. The second-order valence-corrected chi connectivity index (χ2v) is 7.58. The monoisotopic (exact) mass is 342 g/mol. The van der Waals surface area contributed by atoms with E-state index in [1.165, 1.54) is 43.4 Å². The molecular formula is C19H22N2O2S. The number of fused-ring (bicyclic) bond motifs is 3. The van der Waals surface area contributed by atoms with Gasteiger partial charge in [0.1, 0.15) is 10.6 Å². The van der Waals surface area contributed by atoms with E-state index in [0.717, 1.165) is 32.8 Å². The zero-order chi connectivity index (χ0) is 16.5. The number of allylic oxidation sites excluding steroid dienone is 1. The van der Waals surface area contributed by atoms with Crippen LogP contribution in [0.25, 0.3) is 10.2 Å². The zero-order valence-corrected chi connectivity index (χ0v) is 14.8. The Morgan fingerprint density at radius 2 is 2.12 bits per heavy atom. The Morgan fingerprint density at radius 1 is 1.29 bits per heavy atom. The molecule has 126 valence electrons. The highest BCUT2D eigenvalue weighted by Crippen LogP contribution is 2.38. The number of methoxy groups -OCH3 is 1. The van der Waals surface area contributed by atoms with Gasteiger partial charge in [-0.2, -0.15) is 0 Å². The number of hydrogen-bond acceptors (Lipinski definition) is 5. The highest BCUT2D eigenvalue weighted by atomic mass is 32.1. The van der Waals surface area contributed by atoms with E-state index < -0.39 is 0 Å². The van der Waals surface area contributed by atoms with Crippen LogP contribution in [0.4, 0.5) is 0 Å². The van der Waals surface area contributed by atoms with Gasteiger partial charge in [0.2, 0.25) is 0 Å². The molecule has 5 heteroatoms. The van der Waals surface area contributed by atoms with Crippen LogP contribution in [0.15, 0.2) is 24.5 Å². The number of Topliss-reactive ketones (excluding diaryl/α,β-unsaturated/α-hetero) is 1. The van der Waals surface area contributed by atoms with Crippen LogP contribution in [0, 0.1) is 0 Å². The average Bonchev–Trinajstić information content (AvgIpc) is 2.98. The van der Waals surface area contributed by atoms with Gasteiger partial charge in [-0.1, -0.05) is 25.3 Å². The van der Waals surface area contributed by atoms with Gasteiger partial charge in [-0.25, -0.2) is 4.98 Å². The molecule has 0 N–H and O–H groups in total. The van der Waals surface area contributed by atoms with E-state index in [0.29, 0.717) is 12.6 Å². The lowest BCUT2D eigenvalue weighted by molar-refractivity contribution is 0.0922. The predicted octanol–water partition coefficient (Wildman–Crippen LogP) is 4.19. The van der Waals surface area contributed by atoms with Crippen molar-refractivity contribution in [2.45, 2.75) is 44.6 Å². The minimum absolute atomic E-state index is 0.213. The largest absolute Gasteiger partial charge is 0.496 e. The van der Waals surface area contributed by atoms with E-state index in [-0.39, 0.29) is 5.78 Å². The number of ether oxygens (including phenoxy) is 1. The van der Waals surface area contributed by atoms with Gasteiger partial charge in [0.15, 0.2) is 5.78 Å². The number of hydrogen-bond donors (Lipinski definition) is 0. The summed E-state index contributed by atoms with van der Waals surface area (Å²) in [5, 5.41) is 1.00. The van der Waals surface area contributed by atoms with Gasteiger partial charge in [-0.15, -0.1) is 11.3 Å². The molecule has 2 aromatic heterocycles. The zero-order valence-electron chi connectivity index (χ0n) is 14.0. The molecule has 4 rings (SSSR count). The Hall–Kier alpha value is -1.88. The molecule has 0 amide bonds. The molecule has 1 saturated carbocycles. The van der Waals surface area contributed by atoms with Crippen LogP contribution in [-0.2, 0) is 6.42 Å². The minimum atomic E-state index is 0.213. The van der Waals surface area contributed by atoms with Crippen LogP contribution in [0.5, 0.6) is 5.75 Å². The number of ketones is 1. The van der Waals surface area contributed by atoms with Gasteiger partial charge in [-0.3, -0.25) is 4.79 Å². The summed E-state index contributed by atoms with van der Waals surface area (Å²) in [4.78, 5) is 21.4. The van der Waals surface area contributed by atoms with Crippen molar-refractivity contribution < 1.29 is 9.53 Å². The van der Waals surface area contributed by atoms with Crippen molar-refractivity contribution in [1.29, 1.82) is 0 Å². The smallest absolute Gasteiger partial charge is 0.192 e. The van der Waals surface area contributed by atoms with Gasteiger partial charge >= 0.3 is 0 Å². The molecule has 1 aliphatic heterocycles. The number of pyridine rings is 1. The minimum Gasteiger partial charge on any atom is -0.496 e. The maximum absolute atomic E-state index is 12.9. The quantitative estimate of drug-likeness (QED) is 0.820. The molecule has 0 unspecified atom stereocenters. The van der Waals surface area contributed by atoms with Gasteiger partial charge in [-0.05, 0) is 37.1 Å². The molecule has 2 aromatic rings. The third kappa shape index (κ3) is 2.71. The van der Waals surface area contributed by atoms with Crippen molar-refractivity contribution in [3.63, 3.8) is 0 Å². The van der Waals surface area contributed by atoms with Crippen molar-refractivity contribution >= 4 is 27.3 Å². The Labute approximate surface area is 146 Å². The van der Waals surface area contributed by atoms with Gasteiger partial charge in [0.05, 0.1) is 23.9 Å². The summed E-state index contributed by atoms with van der Waals surface area (Å²) in [6, 6.07) is 2.39. The van der Waals surface area contributed by atoms with Crippen molar-refractivity contribution in [2.24, 2.45) is 0 Å². The Bertz CT molecular complexity index is 790. The number of carbonyl (C=O) groups is 1. The summed E-state index contributed by atoms with van der Waals surface area (Å²) in [5.41, 5.74) is 1.07. The van der Waals surface area contributed by atoms with Crippen LogP contribution in [0.2, 0.25) is 0 Å². The van der Waals surface area contributed by atoms with Gasteiger partial charge in [0.25, 0.3) is 0 Å². The SMILES string of the molecule is COc1ccnc2sc3c(c12)C/C=C\N(C1CCCCC1)CC3=O. The standard InChI is InChI=1S/C19H22N2O2S/c1-23-16-9-10-20-19-17(16)14-8-5-11-21(12-15(22)18(14)24-19)13-6-3-2-4-7-13/h5,9-11,13H,2-4,6-8,12H2,1H3/b11-5-. The first-order valence-corrected chi connectivity index (χ1v) is 9.49. The van der Waals surface area contributed by atoms with Gasteiger partial charge < -0.3 is 9.64 Å². The Balaban J connectivity index is 1.71. The highest BCUT2D eigenvalue weighted by molar-refractivity contribution is 7.20. The summed E-state index contributed by atoms with van der Waals surface area (Å²) in [6.45, 7) is 0.476. The molecule has 0 saturated heterocycles. The number of rotatable bonds is 2. The lowest BCUT2D eigenvalue weighted by atomic mass is 9.93. The summed E-state index contributed by atoms with van der Waals surface area (Å²) >= 11 is 1.51. The van der Waals surface area contributed by atoms with E-state index in [9.17, 15) is 4.79 Å². The van der Waals surface area contributed by atoms with Crippen LogP contribution >= 0.6 is 11.3 Å². The number of nitrogens with zero attached hydrogens (tertiary/aromatic N) is 2. The second-order valence-electron chi connectivity index (χ2n) is 6.58. The van der Waals surface area contributed by atoms with E-state index in [1.807, 2.05) is 6.07 Å². The molecule has 0 atom stereocenters. The first kappa shape index (κ1) is 15.6. The van der Waals surface area contributed by atoms with Crippen molar-refractivity contribution in [3.05, 3.63) is 35.0 Å². The van der Waals surface area contributed by atoms with E-state index in [1.54, 1.807) is 13.3 Å². The number of carbonyl (C=O) groups excluding carboxylic acids is 1. The number of aromatic nitrogens is 1. The fraction of sp³-hybridized carbons (Fsp3) is 0.474. The molecule has 1 fully saturated rings. The summed E-state index contributed by atoms with van der Waals surface area (Å²) in [7, 11) is 1.67. The lowest BCUT2D eigenvalue weighted by Gasteiger charge is -2.33. The lowest BCUT2D eigenvalue weighted by Crippen LogP contribution is -2.37. The van der Waals surface area contributed by atoms with Gasteiger partial charge in [0, 0.05) is 12.2 Å². The van der Waals surface area contributed by atoms with Crippen LogP contribution < -0.4 is 4.74 Å². The average molecular weight is 342 g/mol. The third-order valence-electron chi connectivity index (χ3n) is 5.11. The predicted molar refractivity (Wildman–Crippen MR) is 96.9 cm³/mol. The molecular weight excluding hydrogens is 320 g/mol. The van der Waals surface area contributed by atoms with E-state index in [4.69, 9.17) is 4.74 Å². The van der Waals surface area contributed by atoms with Crippen LogP contribution in [0.3, 0.4) is 0 Å². The van der Waals surface area contributed by atoms with Crippen LogP contribution in [-0.4, -0.2) is 35.4 Å². The first-order chi connectivity index (χ1) is 11.8. The maximum atomic E-state index is 12.9. The molecule has 0 spiro atoms. The van der Waals surface area contributed by atoms with Crippen molar-refractivity contribution in [3.8, 4) is 5.75 Å². The van der Waals surface area contributed by atoms with Crippen molar-refractivity contribution in [2.75, 3.05) is 13.7 Å². The maximum Gasteiger partial charge on any atom is 0.192 e. The summed E-state index contributed by atoms with van der Waals surface area (Å²) < 4.78 is 5.50. The van der Waals surface area contributed by atoms with E-state index >= 15 is 0 Å². The highest BCUT2D eigenvalue weighted by Gasteiger charge is 2.26. The molecule has 1 aliphatic carbocycles. The second kappa shape index (κ2) is 6.55.